The van der Waals surface area contributed by atoms with Crippen LogP contribution in [0.5, 0.6) is 0 Å². The highest BCUT2D eigenvalue weighted by molar-refractivity contribution is 6.18. The van der Waals surface area contributed by atoms with Gasteiger partial charge in [0.2, 0.25) is 0 Å². The first kappa shape index (κ1) is 7.93. The molecule has 0 aromatic carbocycles. The second-order valence-corrected chi connectivity index (χ2v) is 2.80. The average Bonchev–Trinajstić information content (AvgIpc) is 2.62. The van der Waals surface area contributed by atoms with Gasteiger partial charge in [-0.25, -0.2) is 5.43 Å². The molecule has 1 aromatic rings. The number of hydrazone groups is 1. The van der Waals surface area contributed by atoms with E-state index in [1.165, 1.54) is 6.26 Å². The van der Waals surface area contributed by atoms with Crippen LogP contribution in [0.1, 0.15) is 11.3 Å². The van der Waals surface area contributed by atoms with Crippen LogP contribution in [0.4, 0.5) is 0 Å². The van der Waals surface area contributed by atoms with Gasteiger partial charge in [-0.2, -0.15) is 5.10 Å². The minimum atomic E-state index is -0.746. The second kappa shape index (κ2) is 2.67. The van der Waals surface area contributed by atoms with Gasteiger partial charge in [-0.1, -0.05) is 5.16 Å². The molecule has 3 N–H and O–H groups in total. The van der Waals surface area contributed by atoms with E-state index in [4.69, 9.17) is 10.3 Å². The van der Waals surface area contributed by atoms with Gasteiger partial charge in [0.1, 0.15) is 23.7 Å². The quantitative estimate of drug-likeness (QED) is 0.588. The van der Waals surface area contributed by atoms with Crippen molar-refractivity contribution < 1.29 is 9.32 Å². The van der Waals surface area contributed by atoms with Crippen molar-refractivity contribution in [3.05, 3.63) is 17.5 Å². The zero-order valence-corrected chi connectivity index (χ0v) is 6.94. The summed E-state index contributed by atoms with van der Waals surface area (Å²) in [7, 11) is 0. The highest BCUT2D eigenvalue weighted by Gasteiger charge is 2.29. The summed E-state index contributed by atoms with van der Waals surface area (Å²) in [6.07, 6.45) is 1.48. The molecule has 6 heteroatoms. The van der Waals surface area contributed by atoms with Gasteiger partial charge < -0.3 is 10.3 Å². The normalized spacial score (nSPS) is 21.5. The van der Waals surface area contributed by atoms with Crippen molar-refractivity contribution in [2.45, 2.75) is 13.0 Å². The van der Waals surface area contributed by atoms with Crippen LogP contribution in [0.25, 0.3) is 0 Å². The molecular formula is C7H8N4O2. The predicted octanol–water partition coefficient (Wildman–Crippen LogP) is -0.856. The number of carbonyl (C=O) groups is 1. The van der Waals surface area contributed by atoms with Gasteiger partial charge in [-0.05, 0) is 6.92 Å². The fourth-order valence-electron chi connectivity index (χ4n) is 1.11. The Morgan fingerprint density at radius 1 is 1.69 bits per heavy atom. The Hall–Kier alpha value is -1.69. The van der Waals surface area contributed by atoms with Gasteiger partial charge in [-0.15, -0.1) is 0 Å². The topological polar surface area (TPSA) is 93.5 Å². The van der Waals surface area contributed by atoms with Crippen LogP contribution in [-0.4, -0.2) is 22.8 Å². The Bertz CT molecular complexity index is 382. The molecule has 1 aliphatic heterocycles. The van der Waals surface area contributed by atoms with Crippen LogP contribution in [0.2, 0.25) is 0 Å². The lowest BCUT2D eigenvalue weighted by Gasteiger charge is -1.99. The third-order valence-electron chi connectivity index (χ3n) is 1.85. The van der Waals surface area contributed by atoms with Crippen LogP contribution in [0.3, 0.4) is 0 Å². The first-order valence-electron chi connectivity index (χ1n) is 3.74. The number of hydrogen-bond donors (Lipinski definition) is 2. The van der Waals surface area contributed by atoms with Crippen molar-refractivity contribution >= 4 is 11.6 Å². The molecule has 6 nitrogen and oxygen atoms in total. The third kappa shape index (κ3) is 1.11. The van der Waals surface area contributed by atoms with Crippen molar-refractivity contribution in [2.24, 2.45) is 10.8 Å². The van der Waals surface area contributed by atoms with Gasteiger partial charge in [0, 0.05) is 5.56 Å². The van der Waals surface area contributed by atoms with Crippen LogP contribution in [-0.2, 0) is 4.79 Å². The van der Waals surface area contributed by atoms with Gasteiger partial charge in [0.15, 0.2) is 0 Å². The molecule has 0 fully saturated rings. The Kier molecular flexibility index (Phi) is 1.63. The number of hydrogen-bond acceptors (Lipinski definition) is 5. The number of aryl methyl sites for hydroxylation is 1. The summed E-state index contributed by atoms with van der Waals surface area (Å²) in [5.41, 5.74) is 9.61. The van der Waals surface area contributed by atoms with Crippen molar-refractivity contribution in [1.29, 1.82) is 0 Å². The lowest BCUT2D eigenvalue weighted by atomic mass is 10.1. The molecule has 0 bridgehead atoms. The largest absolute Gasteiger partial charge is 0.364 e. The summed E-state index contributed by atoms with van der Waals surface area (Å²) in [6.45, 7) is 1.81. The van der Waals surface area contributed by atoms with Crippen LogP contribution in [0, 0.1) is 6.92 Å². The summed E-state index contributed by atoms with van der Waals surface area (Å²) in [4.78, 5) is 11.0. The van der Waals surface area contributed by atoms with E-state index in [9.17, 15) is 4.79 Å². The van der Waals surface area contributed by atoms with E-state index in [0.717, 1.165) is 5.56 Å². The van der Waals surface area contributed by atoms with Crippen molar-refractivity contribution in [2.75, 3.05) is 0 Å². The zero-order chi connectivity index (χ0) is 9.42. The summed E-state index contributed by atoms with van der Waals surface area (Å²) >= 11 is 0. The zero-order valence-electron chi connectivity index (χ0n) is 6.94. The molecule has 0 saturated carbocycles. The molecule has 1 aliphatic rings. The summed E-state index contributed by atoms with van der Waals surface area (Å²) in [5.74, 6) is -0.322. The van der Waals surface area contributed by atoms with E-state index < -0.39 is 6.04 Å². The van der Waals surface area contributed by atoms with Crippen LogP contribution >= 0.6 is 0 Å². The Balaban J connectivity index is 2.39. The summed E-state index contributed by atoms with van der Waals surface area (Å²) in [5, 5.41) is 7.48. The van der Waals surface area contributed by atoms with E-state index in [2.05, 4.69) is 15.7 Å². The first-order valence-corrected chi connectivity index (χ1v) is 3.74. The van der Waals surface area contributed by atoms with Gasteiger partial charge in [0.05, 0.1) is 0 Å². The Labute approximate surface area is 73.8 Å². The van der Waals surface area contributed by atoms with Crippen molar-refractivity contribution in [1.82, 2.24) is 10.6 Å². The minimum absolute atomic E-state index is 0.322. The fourth-order valence-corrected chi connectivity index (χ4v) is 1.11. The SMILES string of the molecule is Cc1conc1C1=NNC(=O)C1N. The number of amides is 1. The maximum atomic E-state index is 11.0. The maximum absolute atomic E-state index is 11.0. The molecule has 2 heterocycles. The molecule has 1 aromatic heterocycles. The lowest BCUT2D eigenvalue weighted by Crippen LogP contribution is -2.37. The average molecular weight is 180 g/mol. The molecule has 0 saturated heterocycles. The molecule has 0 spiro atoms. The molecule has 0 radical (unpaired) electrons. The molecule has 68 valence electrons. The van der Waals surface area contributed by atoms with Crippen molar-refractivity contribution in [3.63, 3.8) is 0 Å². The molecule has 1 unspecified atom stereocenters. The summed E-state index contributed by atoms with van der Waals surface area (Å²) < 4.78 is 4.72. The van der Waals surface area contributed by atoms with Gasteiger partial charge in [-0.3, -0.25) is 4.79 Å². The monoisotopic (exact) mass is 180 g/mol. The van der Waals surface area contributed by atoms with Crippen LogP contribution in [0.15, 0.2) is 15.9 Å². The molecule has 0 aliphatic carbocycles. The van der Waals surface area contributed by atoms with E-state index in [0.29, 0.717) is 11.4 Å². The number of carbonyl (C=O) groups excluding carboxylic acids is 1. The van der Waals surface area contributed by atoms with Crippen molar-refractivity contribution in [3.8, 4) is 0 Å². The molecule has 1 amide bonds. The molecule has 13 heavy (non-hydrogen) atoms. The number of nitrogens with one attached hydrogen (secondary N) is 1. The highest BCUT2D eigenvalue weighted by atomic mass is 16.5. The smallest absolute Gasteiger partial charge is 0.263 e. The molecular weight excluding hydrogens is 172 g/mol. The highest BCUT2D eigenvalue weighted by Crippen LogP contribution is 2.10. The van der Waals surface area contributed by atoms with Gasteiger partial charge >= 0.3 is 0 Å². The van der Waals surface area contributed by atoms with E-state index in [1.54, 1.807) is 0 Å². The number of nitrogens with zero attached hydrogens (tertiary/aromatic N) is 2. The lowest BCUT2D eigenvalue weighted by molar-refractivity contribution is -0.120. The van der Waals surface area contributed by atoms with E-state index >= 15 is 0 Å². The Morgan fingerprint density at radius 2 is 2.46 bits per heavy atom. The number of nitrogens with two attached hydrogens (primary N) is 1. The van der Waals surface area contributed by atoms with E-state index in [-0.39, 0.29) is 5.91 Å². The van der Waals surface area contributed by atoms with Crippen LogP contribution < -0.4 is 11.2 Å². The maximum Gasteiger partial charge on any atom is 0.263 e. The fraction of sp³-hybridized carbons (Fsp3) is 0.286. The number of rotatable bonds is 1. The van der Waals surface area contributed by atoms with E-state index in [1.807, 2.05) is 6.92 Å². The second-order valence-electron chi connectivity index (χ2n) is 2.80. The summed E-state index contributed by atoms with van der Waals surface area (Å²) in [6, 6.07) is -0.746. The molecule has 2 rings (SSSR count). The predicted molar refractivity (Wildman–Crippen MR) is 43.9 cm³/mol. The Morgan fingerprint density at radius 3 is 2.92 bits per heavy atom. The molecule has 1 atom stereocenters. The third-order valence-corrected chi connectivity index (χ3v) is 1.85. The van der Waals surface area contributed by atoms with Gasteiger partial charge in [0.25, 0.3) is 5.91 Å². The minimum Gasteiger partial charge on any atom is -0.364 e. The first-order chi connectivity index (χ1) is 6.20. The standard InChI is InChI=1S/C7H8N4O2/c1-3-2-13-11-5(3)6-4(8)7(12)10-9-6/h2,4H,8H2,1H3,(H,10,12). The number of aromatic nitrogens is 1.